The van der Waals surface area contributed by atoms with Crippen LogP contribution in [-0.4, -0.2) is 42.1 Å². The fourth-order valence-corrected chi connectivity index (χ4v) is 1.78. The standard InChI is InChI=1S/C12H24N2O2/c1-9(2)8-16-10-5-6-14(7-10)11(15)12(3,4)13/h9-10H,5-8,13H2,1-4H3. The number of rotatable bonds is 4. The van der Waals surface area contributed by atoms with Crippen LogP contribution in [0.5, 0.6) is 0 Å². The Hall–Kier alpha value is -0.610. The third kappa shape index (κ3) is 3.76. The van der Waals surface area contributed by atoms with Crippen molar-refractivity contribution in [2.45, 2.75) is 45.8 Å². The molecule has 1 atom stereocenters. The zero-order chi connectivity index (χ0) is 12.3. The lowest BCUT2D eigenvalue weighted by Gasteiger charge is -2.25. The SMILES string of the molecule is CC(C)COC1CCN(C(=O)C(C)(C)N)C1. The van der Waals surface area contributed by atoms with Crippen LogP contribution in [0.1, 0.15) is 34.1 Å². The molecule has 1 rings (SSSR count). The Morgan fingerprint density at radius 1 is 1.56 bits per heavy atom. The Kier molecular flexibility index (Phi) is 4.33. The van der Waals surface area contributed by atoms with Gasteiger partial charge in [-0.2, -0.15) is 0 Å². The summed E-state index contributed by atoms with van der Waals surface area (Å²) in [7, 11) is 0. The van der Waals surface area contributed by atoms with Crippen molar-refractivity contribution >= 4 is 5.91 Å². The van der Waals surface area contributed by atoms with E-state index in [0.29, 0.717) is 12.5 Å². The van der Waals surface area contributed by atoms with Gasteiger partial charge in [-0.25, -0.2) is 0 Å². The summed E-state index contributed by atoms with van der Waals surface area (Å²) >= 11 is 0. The van der Waals surface area contributed by atoms with Crippen LogP contribution < -0.4 is 5.73 Å². The third-order valence-corrected chi connectivity index (χ3v) is 2.65. The van der Waals surface area contributed by atoms with Crippen molar-refractivity contribution in [2.24, 2.45) is 11.7 Å². The number of nitrogens with zero attached hydrogens (tertiary/aromatic N) is 1. The fourth-order valence-electron chi connectivity index (χ4n) is 1.78. The molecule has 1 aliphatic heterocycles. The summed E-state index contributed by atoms with van der Waals surface area (Å²) < 4.78 is 5.72. The van der Waals surface area contributed by atoms with Gasteiger partial charge in [-0.05, 0) is 26.2 Å². The summed E-state index contributed by atoms with van der Waals surface area (Å²) in [6.07, 6.45) is 1.11. The number of hydrogen-bond donors (Lipinski definition) is 1. The first-order chi connectivity index (χ1) is 7.30. The molecule has 0 saturated carbocycles. The molecule has 1 heterocycles. The highest BCUT2D eigenvalue weighted by molar-refractivity contribution is 5.85. The lowest BCUT2D eigenvalue weighted by atomic mass is 10.1. The van der Waals surface area contributed by atoms with E-state index in [2.05, 4.69) is 13.8 Å². The van der Waals surface area contributed by atoms with E-state index in [0.717, 1.165) is 19.6 Å². The third-order valence-electron chi connectivity index (χ3n) is 2.65. The van der Waals surface area contributed by atoms with Gasteiger partial charge in [-0.15, -0.1) is 0 Å². The minimum absolute atomic E-state index is 0.0168. The van der Waals surface area contributed by atoms with E-state index in [1.807, 2.05) is 4.90 Å². The maximum Gasteiger partial charge on any atom is 0.242 e. The Labute approximate surface area is 98.1 Å². The molecule has 0 radical (unpaired) electrons. The molecular formula is C12H24N2O2. The Balaban J connectivity index is 2.38. The summed E-state index contributed by atoms with van der Waals surface area (Å²) in [4.78, 5) is 13.7. The molecule has 4 heteroatoms. The van der Waals surface area contributed by atoms with Crippen molar-refractivity contribution in [1.82, 2.24) is 4.90 Å². The molecule has 0 aromatic carbocycles. The average Bonchev–Trinajstić information content (AvgIpc) is 2.60. The molecule has 0 aromatic rings. The van der Waals surface area contributed by atoms with E-state index in [1.54, 1.807) is 13.8 Å². The zero-order valence-electron chi connectivity index (χ0n) is 10.8. The van der Waals surface area contributed by atoms with Gasteiger partial charge in [0.25, 0.3) is 0 Å². The number of amides is 1. The van der Waals surface area contributed by atoms with Gasteiger partial charge in [0, 0.05) is 19.7 Å². The molecule has 1 fully saturated rings. The number of likely N-dealkylation sites (tertiary alicyclic amines) is 1. The molecule has 0 bridgehead atoms. The van der Waals surface area contributed by atoms with E-state index in [1.165, 1.54) is 0 Å². The van der Waals surface area contributed by atoms with Crippen LogP contribution in [0.25, 0.3) is 0 Å². The van der Waals surface area contributed by atoms with Crippen LogP contribution in [0.2, 0.25) is 0 Å². The minimum Gasteiger partial charge on any atom is -0.376 e. The Morgan fingerprint density at radius 2 is 2.19 bits per heavy atom. The molecule has 1 aliphatic rings. The van der Waals surface area contributed by atoms with Crippen LogP contribution in [0, 0.1) is 5.92 Å². The second-order valence-electron chi connectivity index (χ2n) is 5.61. The van der Waals surface area contributed by atoms with E-state index in [-0.39, 0.29) is 12.0 Å². The van der Waals surface area contributed by atoms with E-state index in [4.69, 9.17) is 10.5 Å². The van der Waals surface area contributed by atoms with Crippen LogP contribution in [-0.2, 0) is 9.53 Å². The molecule has 1 saturated heterocycles. The molecule has 0 aliphatic carbocycles. The maximum absolute atomic E-state index is 11.9. The van der Waals surface area contributed by atoms with Gasteiger partial charge in [0.05, 0.1) is 11.6 Å². The zero-order valence-corrected chi connectivity index (χ0v) is 10.8. The Morgan fingerprint density at radius 3 is 2.69 bits per heavy atom. The van der Waals surface area contributed by atoms with Crippen LogP contribution >= 0.6 is 0 Å². The molecule has 1 amide bonds. The van der Waals surface area contributed by atoms with Gasteiger partial charge in [0.2, 0.25) is 5.91 Å². The largest absolute Gasteiger partial charge is 0.376 e. The number of hydrogen-bond acceptors (Lipinski definition) is 3. The summed E-state index contributed by atoms with van der Waals surface area (Å²) in [6.45, 7) is 9.96. The van der Waals surface area contributed by atoms with Crippen molar-refractivity contribution in [2.75, 3.05) is 19.7 Å². The second-order valence-corrected chi connectivity index (χ2v) is 5.61. The number of carbonyl (C=O) groups excluding carboxylic acids is 1. The normalized spacial score (nSPS) is 21.9. The average molecular weight is 228 g/mol. The van der Waals surface area contributed by atoms with Gasteiger partial charge < -0.3 is 15.4 Å². The van der Waals surface area contributed by atoms with Gasteiger partial charge >= 0.3 is 0 Å². The van der Waals surface area contributed by atoms with Crippen molar-refractivity contribution in [3.8, 4) is 0 Å². The van der Waals surface area contributed by atoms with Crippen molar-refractivity contribution in [3.63, 3.8) is 0 Å². The molecule has 0 aromatic heterocycles. The molecular weight excluding hydrogens is 204 g/mol. The summed E-state index contributed by atoms with van der Waals surface area (Å²) in [6, 6.07) is 0. The predicted octanol–water partition coefficient (Wildman–Crippen LogP) is 0.997. The molecule has 94 valence electrons. The van der Waals surface area contributed by atoms with Gasteiger partial charge in [0.1, 0.15) is 0 Å². The quantitative estimate of drug-likeness (QED) is 0.781. The fraction of sp³-hybridized carbons (Fsp3) is 0.917. The van der Waals surface area contributed by atoms with Crippen molar-refractivity contribution in [3.05, 3.63) is 0 Å². The number of ether oxygens (including phenoxy) is 1. The van der Waals surface area contributed by atoms with Gasteiger partial charge in [-0.3, -0.25) is 4.79 Å². The van der Waals surface area contributed by atoms with Crippen molar-refractivity contribution in [1.29, 1.82) is 0 Å². The monoisotopic (exact) mass is 228 g/mol. The van der Waals surface area contributed by atoms with Crippen molar-refractivity contribution < 1.29 is 9.53 Å². The molecule has 2 N–H and O–H groups in total. The van der Waals surface area contributed by atoms with Crippen LogP contribution in [0.3, 0.4) is 0 Å². The highest BCUT2D eigenvalue weighted by Crippen LogP contribution is 2.16. The van der Waals surface area contributed by atoms with E-state index in [9.17, 15) is 4.79 Å². The first-order valence-electron chi connectivity index (χ1n) is 6.00. The molecule has 1 unspecified atom stereocenters. The smallest absolute Gasteiger partial charge is 0.242 e. The molecule has 0 spiro atoms. The summed E-state index contributed by atoms with van der Waals surface area (Å²) in [5, 5.41) is 0. The molecule has 4 nitrogen and oxygen atoms in total. The maximum atomic E-state index is 11.9. The first kappa shape index (κ1) is 13.5. The number of carbonyl (C=O) groups is 1. The van der Waals surface area contributed by atoms with Gasteiger partial charge in [-0.1, -0.05) is 13.8 Å². The van der Waals surface area contributed by atoms with Crippen LogP contribution in [0.4, 0.5) is 0 Å². The lowest BCUT2D eigenvalue weighted by Crippen LogP contribution is -2.50. The molecule has 16 heavy (non-hydrogen) atoms. The Bertz CT molecular complexity index is 246. The number of nitrogens with two attached hydrogens (primary N) is 1. The minimum atomic E-state index is -0.771. The van der Waals surface area contributed by atoms with Crippen LogP contribution in [0.15, 0.2) is 0 Å². The topological polar surface area (TPSA) is 55.6 Å². The highest BCUT2D eigenvalue weighted by atomic mass is 16.5. The van der Waals surface area contributed by atoms with E-state index < -0.39 is 5.54 Å². The van der Waals surface area contributed by atoms with E-state index >= 15 is 0 Å². The lowest BCUT2D eigenvalue weighted by molar-refractivity contribution is -0.135. The summed E-state index contributed by atoms with van der Waals surface area (Å²) in [5.41, 5.74) is 5.02. The first-order valence-corrected chi connectivity index (χ1v) is 6.00. The highest BCUT2D eigenvalue weighted by Gasteiger charge is 2.33. The predicted molar refractivity (Wildman–Crippen MR) is 64.0 cm³/mol. The second kappa shape index (κ2) is 5.15. The summed E-state index contributed by atoms with van der Waals surface area (Å²) in [5.74, 6) is 0.554. The van der Waals surface area contributed by atoms with Gasteiger partial charge in [0.15, 0.2) is 0 Å².